The molecule has 5 nitrogen and oxygen atoms in total. The van der Waals surface area contributed by atoms with Gasteiger partial charge in [-0.3, -0.25) is 9.52 Å². The molecule has 0 unspecified atom stereocenters. The van der Waals surface area contributed by atoms with Crippen LogP contribution in [0, 0.1) is 0 Å². The van der Waals surface area contributed by atoms with Crippen LogP contribution in [-0.4, -0.2) is 19.3 Å². The number of halogens is 1. The van der Waals surface area contributed by atoms with Gasteiger partial charge in [-0.05, 0) is 52.4 Å². The first-order valence-corrected chi connectivity index (χ1v) is 9.30. The molecule has 118 valence electrons. The lowest BCUT2D eigenvalue weighted by molar-refractivity contribution is 0.0982. The minimum Gasteiger partial charge on any atom is -0.349 e. The number of hydrogen-bond acceptors (Lipinski definition) is 3. The molecule has 0 saturated heterocycles. The van der Waals surface area contributed by atoms with E-state index in [0.29, 0.717) is 11.5 Å². The third-order valence-electron chi connectivity index (χ3n) is 4.26. The topological polar surface area (TPSA) is 79.0 Å². The number of carbonyl (C=O) groups is 1. The van der Waals surface area contributed by atoms with E-state index in [2.05, 4.69) is 20.9 Å². The quantitative estimate of drug-likeness (QED) is 0.710. The fourth-order valence-corrected chi connectivity index (χ4v) is 4.31. The summed E-state index contributed by atoms with van der Waals surface area (Å²) >= 11 is 3.59. The second-order valence-corrected chi connectivity index (χ2v) is 7.18. The minimum atomic E-state index is -2.94. The fourth-order valence-electron chi connectivity index (χ4n) is 3.27. The molecule has 0 radical (unpaired) electrons. The molecule has 1 heterocycles. The van der Waals surface area contributed by atoms with Crippen LogP contribution in [0.1, 0.15) is 53.9 Å². The van der Waals surface area contributed by atoms with Gasteiger partial charge in [0.25, 0.3) is 5.91 Å². The molecule has 3 rings (SSSR count). The van der Waals surface area contributed by atoms with Crippen molar-refractivity contribution in [3.05, 3.63) is 33.9 Å². The van der Waals surface area contributed by atoms with Crippen LogP contribution in [0.4, 0.5) is 0 Å². The number of hydrogen-bond donors (Lipinski definition) is 3. The molecule has 2 N–H and O–H groups in total. The van der Waals surface area contributed by atoms with Gasteiger partial charge in [-0.15, -0.1) is 0 Å². The second kappa shape index (κ2) is 6.42. The fraction of sp³-hybridized carbons (Fsp3) is 0.400. The number of rotatable bonds is 3. The Kier molecular flexibility index (Phi) is 4.54. The summed E-state index contributed by atoms with van der Waals surface area (Å²) in [7, 11) is -2.94. The largest absolute Gasteiger partial charge is 0.349 e. The van der Waals surface area contributed by atoms with Crippen molar-refractivity contribution in [1.82, 2.24) is 9.71 Å². The second-order valence-electron chi connectivity index (χ2n) is 5.65. The Morgan fingerprint density at radius 1 is 1.23 bits per heavy atom. The van der Waals surface area contributed by atoms with E-state index in [1.807, 2.05) is 10.8 Å². The zero-order valence-corrected chi connectivity index (χ0v) is 14.4. The number of amides is 1. The number of aromatic amines is 1. The van der Waals surface area contributed by atoms with Gasteiger partial charge in [0.05, 0.1) is 4.60 Å². The first-order valence-electron chi connectivity index (χ1n) is 7.33. The first kappa shape index (κ1) is 15.6. The smallest absolute Gasteiger partial charge is 0.264 e. The van der Waals surface area contributed by atoms with Crippen LogP contribution in [0.2, 0.25) is 0 Å². The van der Waals surface area contributed by atoms with Crippen molar-refractivity contribution in [2.75, 3.05) is 0 Å². The van der Waals surface area contributed by atoms with Gasteiger partial charge in [-0.25, -0.2) is 8.42 Å². The highest BCUT2D eigenvalue weighted by Crippen LogP contribution is 2.40. The van der Waals surface area contributed by atoms with E-state index in [-0.39, 0.29) is 0 Å². The lowest BCUT2D eigenvalue weighted by Crippen LogP contribution is -2.21. The van der Waals surface area contributed by atoms with Crippen molar-refractivity contribution < 1.29 is 13.2 Å². The van der Waals surface area contributed by atoms with E-state index in [0.717, 1.165) is 15.5 Å². The Labute approximate surface area is 138 Å². The Hall–Kier alpha value is -1.34. The van der Waals surface area contributed by atoms with Gasteiger partial charge in [-0.2, -0.15) is 0 Å². The molecular formula is C15H17BrN2O3S. The third kappa shape index (κ3) is 3.05. The maximum absolute atomic E-state index is 11.8. The molecule has 7 heteroatoms. The molecule has 1 fully saturated rings. The normalized spacial score (nSPS) is 16.3. The zero-order valence-electron chi connectivity index (χ0n) is 11.9. The lowest BCUT2D eigenvalue weighted by Gasteiger charge is -2.21. The summed E-state index contributed by atoms with van der Waals surface area (Å²) in [6.07, 6.45) is 6.17. The summed E-state index contributed by atoms with van der Waals surface area (Å²) in [6, 6.07) is 5.26. The van der Waals surface area contributed by atoms with Crippen LogP contribution in [0.3, 0.4) is 0 Å². The number of thiol groups is 1. The van der Waals surface area contributed by atoms with Crippen molar-refractivity contribution in [3.8, 4) is 0 Å². The highest BCUT2D eigenvalue weighted by atomic mass is 79.9. The van der Waals surface area contributed by atoms with Gasteiger partial charge < -0.3 is 4.98 Å². The molecule has 1 aromatic carbocycles. The van der Waals surface area contributed by atoms with Gasteiger partial charge in [-0.1, -0.05) is 25.3 Å². The number of fused-ring (bicyclic) bond motifs is 1. The molecule has 1 aliphatic rings. The van der Waals surface area contributed by atoms with Crippen molar-refractivity contribution in [2.24, 2.45) is 0 Å². The highest BCUT2D eigenvalue weighted by Gasteiger charge is 2.22. The molecule has 0 bridgehead atoms. The van der Waals surface area contributed by atoms with E-state index in [1.165, 1.54) is 37.7 Å². The summed E-state index contributed by atoms with van der Waals surface area (Å²) in [4.78, 5) is 15.0. The molecule has 0 atom stereocenters. The summed E-state index contributed by atoms with van der Waals surface area (Å²) < 4.78 is 24.1. The standard InChI is InChI=1S/C15H17BrN2O3S/c16-14-13(9-4-2-1-3-5-9)11-7-6-10(8-12(11)17-14)15(19)18-22(20)21/h6-9,17,22H,1-5H2,(H,18,19,20,21). The Morgan fingerprint density at radius 3 is 2.64 bits per heavy atom. The van der Waals surface area contributed by atoms with Crippen molar-refractivity contribution in [2.45, 2.75) is 38.0 Å². The van der Waals surface area contributed by atoms with Gasteiger partial charge in [0.15, 0.2) is 0 Å². The molecule has 2 aromatic rings. The molecule has 1 aliphatic carbocycles. The summed E-state index contributed by atoms with van der Waals surface area (Å²) in [5, 5.41) is 1.10. The maximum Gasteiger partial charge on any atom is 0.264 e. The van der Waals surface area contributed by atoms with Crippen LogP contribution in [0.25, 0.3) is 10.9 Å². The third-order valence-corrected chi connectivity index (χ3v) is 5.27. The minimum absolute atomic E-state index is 0.329. The van der Waals surface area contributed by atoms with E-state index >= 15 is 0 Å². The van der Waals surface area contributed by atoms with Gasteiger partial charge in [0.1, 0.15) is 0 Å². The van der Waals surface area contributed by atoms with Crippen molar-refractivity contribution >= 4 is 43.6 Å². The molecule has 1 amide bonds. The molecule has 0 spiro atoms. The number of H-pyrrole nitrogens is 1. The van der Waals surface area contributed by atoms with Gasteiger partial charge in [0.2, 0.25) is 10.9 Å². The lowest BCUT2D eigenvalue weighted by atomic mass is 9.84. The average molecular weight is 385 g/mol. The SMILES string of the molecule is O=C(N[SH](=O)=O)c1ccc2c(C3CCCCC3)c(Br)[nH]c2c1. The molecule has 1 saturated carbocycles. The Balaban J connectivity index is 1.99. The zero-order chi connectivity index (χ0) is 15.7. The molecule has 1 aromatic heterocycles. The number of aromatic nitrogens is 1. The van der Waals surface area contributed by atoms with E-state index < -0.39 is 16.8 Å². The van der Waals surface area contributed by atoms with E-state index in [9.17, 15) is 13.2 Å². The predicted molar refractivity (Wildman–Crippen MR) is 89.6 cm³/mol. The molecule has 0 aliphatic heterocycles. The summed E-state index contributed by atoms with van der Waals surface area (Å²) in [5.74, 6) is -0.0735. The van der Waals surface area contributed by atoms with Crippen molar-refractivity contribution in [1.29, 1.82) is 0 Å². The van der Waals surface area contributed by atoms with Crippen LogP contribution in [0.5, 0.6) is 0 Å². The van der Waals surface area contributed by atoms with Crippen LogP contribution in [-0.2, 0) is 10.9 Å². The number of nitrogens with one attached hydrogen (secondary N) is 2. The molecular weight excluding hydrogens is 368 g/mol. The summed E-state index contributed by atoms with van der Waals surface area (Å²) in [6.45, 7) is 0. The van der Waals surface area contributed by atoms with Crippen LogP contribution < -0.4 is 4.72 Å². The number of benzene rings is 1. The number of carbonyl (C=O) groups excluding carboxylic acids is 1. The molecule has 22 heavy (non-hydrogen) atoms. The van der Waals surface area contributed by atoms with E-state index in [1.54, 1.807) is 12.1 Å². The van der Waals surface area contributed by atoms with Gasteiger partial charge >= 0.3 is 0 Å². The predicted octanol–water partition coefficient (Wildman–Crippen LogP) is 3.23. The average Bonchev–Trinajstić information content (AvgIpc) is 2.82. The highest BCUT2D eigenvalue weighted by molar-refractivity contribution is 9.10. The Morgan fingerprint density at radius 2 is 1.95 bits per heavy atom. The van der Waals surface area contributed by atoms with Gasteiger partial charge in [0, 0.05) is 16.5 Å². The first-order chi connectivity index (χ1) is 10.6. The monoisotopic (exact) mass is 384 g/mol. The van der Waals surface area contributed by atoms with Crippen LogP contribution >= 0.6 is 15.9 Å². The van der Waals surface area contributed by atoms with Crippen molar-refractivity contribution in [3.63, 3.8) is 0 Å². The Bertz CT molecular complexity index is 783. The maximum atomic E-state index is 11.8. The van der Waals surface area contributed by atoms with E-state index in [4.69, 9.17) is 0 Å². The van der Waals surface area contributed by atoms with Crippen LogP contribution in [0.15, 0.2) is 22.8 Å². The summed E-state index contributed by atoms with van der Waals surface area (Å²) in [5.41, 5.74) is 2.45.